The van der Waals surface area contributed by atoms with Crippen molar-refractivity contribution in [3.63, 3.8) is 0 Å². The fraction of sp³-hybridized carbons (Fsp3) is 0.111. The van der Waals surface area contributed by atoms with E-state index in [0.29, 0.717) is 16.9 Å². The normalized spacial score (nSPS) is 10.3. The number of nitrogens with one attached hydrogen (secondary N) is 2. The summed E-state index contributed by atoms with van der Waals surface area (Å²) in [6.45, 7) is 1.85. The number of nitrogens with zero attached hydrogens (tertiary/aromatic N) is 2. The van der Waals surface area contributed by atoms with Gasteiger partial charge in [-0.25, -0.2) is 0 Å². The Kier molecular flexibility index (Phi) is 5.65. The second kappa shape index (κ2) is 8.30. The van der Waals surface area contributed by atoms with Gasteiger partial charge in [-0.2, -0.15) is 0 Å². The van der Waals surface area contributed by atoms with Crippen molar-refractivity contribution in [2.45, 2.75) is 17.6 Å². The number of carbonyl (C=O) groups excluding carboxylic acids is 2. The molecule has 0 aliphatic heterocycles. The molecule has 0 bridgehead atoms. The van der Waals surface area contributed by atoms with Crippen LogP contribution in [0.5, 0.6) is 0 Å². The molecule has 2 amide bonds. The molecule has 1 aromatic carbocycles. The van der Waals surface area contributed by atoms with E-state index in [4.69, 9.17) is 4.52 Å². The van der Waals surface area contributed by atoms with Crippen molar-refractivity contribution in [2.24, 2.45) is 0 Å². The van der Waals surface area contributed by atoms with Crippen LogP contribution in [0.15, 0.2) is 64.3 Å². The van der Waals surface area contributed by atoms with Gasteiger partial charge in [-0.1, -0.05) is 17.3 Å². The van der Waals surface area contributed by atoms with Gasteiger partial charge < -0.3 is 4.52 Å². The van der Waals surface area contributed by atoms with Crippen LogP contribution in [0.1, 0.15) is 32.2 Å². The van der Waals surface area contributed by atoms with E-state index < -0.39 is 11.8 Å². The van der Waals surface area contributed by atoms with E-state index >= 15 is 0 Å². The molecule has 7 nitrogen and oxygen atoms in total. The fourth-order valence-corrected chi connectivity index (χ4v) is 3.09. The van der Waals surface area contributed by atoms with Gasteiger partial charge in [0.2, 0.25) is 0 Å². The number of carbonyl (C=O) groups is 2. The summed E-state index contributed by atoms with van der Waals surface area (Å²) < 4.78 is 5.18. The zero-order chi connectivity index (χ0) is 18.4. The molecule has 2 aromatic heterocycles. The lowest BCUT2D eigenvalue weighted by atomic mass is 10.2. The highest BCUT2D eigenvalue weighted by atomic mass is 32.2. The van der Waals surface area contributed by atoms with E-state index in [0.717, 1.165) is 16.3 Å². The van der Waals surface area contributed by atoms with E-state index in [-0.39, 0.29) is 0 Å². The number of rotatable bonds is 5. The Morgan fingerprint density at radius 1 is 1.12 bits per heavy atom. The first-order valence-electron chi connectivity index (χ1n) is 7.78. The van der Waals surface area contributed by atoms with Crippen molar-refractivity contribution in [2.75, 3.05) is 0 Å². The molecule has 0 saturated carbocycles. The monoisotopic (exact) mass is 368 g/mol. The first-order valence-corrected chi connectivity index (χ1v) is 8.77. The van der Waals surface area contributed by atoms with Crippen LogP contribution < -0.4 is 10.9 Å². The van der Waals surface area contributed by atoms with Crippen LogP contribution in [0.4, 0.5) is 0 Å². The Labute approximate surface area is 154 Å². The molecule has 0 unspecified atom stereocenters. The number of pyridine rings is 1. The lowest BCUT2D eigenvalue weighted by molar-refractivity contribution is 0.0845. The maximum Gasteiger partial charge on any atom is 0.271 e. The Bertz CT molecular complexity index is 912. The van der Waals surface area contributed by atoms with Gasteiger partial charge >= 0.3 is 0 Å². The standard InChI is InChI=1S/C18H16N4O3S/c1-12-9-14(25-22-12)11-26-16-7-3-2-6-15(16)18(24)21-20-17(23)13-5-4-8-19-10-13/h2-10H,11H2,1H3,(H,20,23)(H,21,24). The number of thioether (sulfide) groups is 1. The molecule has 2 heterocycles. The molecule has 132 valence electrons. The molecule has 8 heteroatoms. The van der Waals surface area contributed by atoms with Gasteiger partial charge in [-0.15, -0.1) is 11.8 Å². The van der Waals surface area contributed by atoms with Crippen molar-refractivity contribution in [3.8, 4) is 0 Å². The number of aryl methyl sites for hydroxylation is 1. The van der Waals surface area contributed by atoms with Crippen LogP contribution in [-0.2, 0) is 5.75 Å². The summed E-state index contributed by atoms with van der Waals surface area (Å²) in [5.41, 5.74) is 6.44. The first-order chi connectivity index (χ1) is 12.6. The van der Waals surface area contributed by atoms with Crippen molar-refractivity contribution in [1.82, 2.24) is 21.0 Å². The lowest BCUT2D eigenvalue weighted by Gasteiger charge is -2.10. The van der Waals surface area contributed by atoms with Crippen molar-refractivity contribution in [1.29, 1.82) is 0 Å². The molecule has 0 radical (unpaired) electrons. The third-order valence-electron chi connectivity index (χ3n) is 3.39. The maximum atomic E-state index is 12.4. The van der Waals surface area contributed by atoms with Gasteiger partial charge in [0.1, 0.15) is 5.76 Å². The molecular formula is C18H16N4O3S. The molecule has 0 atom stereocenters. The molecule has 2 N–H and O–H groups in total. The molecule has 0 spiro atoms. The highest BCUT2D eigenvalue weighted by Crippen LogP contribution is 2.26. The average Bonchev–Trinajstić information content (AvgIpc) is 3.10. The number of amides is 2. The van der Waals surface area contributed by atoms with Crippen molar-refractivity contribution >= 4 is 23.6 Å². The van der Waals surface area contributed by atoms with Crippen molar-refractivity contribution < 1.29 is 14.1 Å². The minimum absolute atomic E-state index is 0.358. The molecule has 0 aliphatic carbocycles. The Hall–Kier alpha value is -3.13. The second-order valence-corrected chi connectivity index (χ2v) is 6.39. The van der Waals surface area contributed by atoms with Crippen LogP contribution in [0, 0.1) is 6.92 Å². The van der Waals surface area contributed by atoms with Crippen LogP contribution in [0.2, 0.25) is 0 Å². The summed E-state index contributed by atoms with van der Waals surface area (Å²) >= 11 is 1.46. The Balaban J connectivity index is 1.63. The van der Waals surface area contributed by atoms with E-state index in [1.54, 1.807) is 30.5 Å². The highest BCUT2D eigenvalue weighted by Gasteiger charge is 2.14. The smallest absolute Gasteiger partial charge is 0.271 e. The van der Waals surface area contributed by atoms with E-state index in [9.17, 15) is 9.59 Å². The quantitative estimate of drug-likeness (QED) is 0.531. The van der Waals surface area contributed by atoms with E-state index in [1.165, 1.54) is 18.0 Å². The fourth-order valence-electron chi connectivity index (χ4n) is 2.16. The lowest BCUT2D eigenvalue weighted by Crippen LogP contribution is -2.41. The number of hydrogen-bond donors (Lipinski definition) is 2. The summed E-state index contributed by atoms with van der Waals surface area (Å²) in [7, 11) is 0. The molecule has 0 saturated heterocycles. The predicted molar refractivity (Wildman–Crippen MR) is 96.4 cm³/mol. The van der Waals surface area contributed by atoms with Gasteiger partial charge in [-0.3, -0.25) is 25.4 Å². The number of hydrogen-bond acceptors (Lipinski definition) is 6. The first kappa shape index (κ1) is 17.7. The SMILES string of the molecule is Cc1cc(CSc2ccccc2C(=O)NNC(=O)c2cccnc2)on1. The Morgan fingerprint density at radius 3 is 2.65 bits per heavy atom. The predicted octanol–water partition coefficient (Wildman–Crippen LogP) is 2.75. The number of hydrazine groups is 1. The summed E-state index contributed by atoms with van der Waals surface area (Å²) in [4.78, 5) is 29.1. The van der Waals surface area contributed by atoms with Crippen molar-refractivity contribution in [3.05, 3.63) is 77.4 Å². The van der Waals surface area contributed by atoms with Gasteiger partial charge in [0.15, 0.2) is 0 Å². The van der Waals surface area contributed by atoms with E-state index in [2.05, 4.69) is 21.0 Å². The molecular weight excluding hydrogens is 352 g/mol. The minimum atomic E-state index is -0.436. The van der Waals surface area contributed by atoms with Gasteiger partial charge in [-0.05, 0) is 31.2 Å². The molecule has 0 aliphatic rings. The summed E-state index contributed by atoms with van der Waals surface area (Å²) in [5.74, 6) is 0.438. The maximum absolute atomic E-state index is 12.4. The molecule has 26 heavy (non-hydrogen) atoms. The third-order valence-corrected chi connectivity index (χ3v) is 4.49. The number of aromatic nitrogens is 2. The van der Waals surface area contributed by atoms with Gasteiger partial charge in [0.25, 0.3) is 11.8 Å². The summed E-state index contributed by atoms with van der Waals surface area (Å²) in [6, 6.07) is 12.3. The zero-order valence-electron chi connectivity index (χ0n) is 13.9. The average molecular weight is 368 g/mol. The second-order valence-electron chi connectivity index (χ2n) is 5.37. The third kappa shape index (κ3) is 4.48. The van der Waals surface area contributed by atoms with E-state index in [1.807, 2.05) is 25.1 Å². The molecule has 0 fully saturated rings. The van der Waals surface area contributed by atoms with Crippen LogP contribution >= 0.6 is 11.8 Å². The number of benzene rings is 1. The zero-order valence-corrected chi connectivity index (χ0v) is 14.7. The minimum Gasteiger partial charge on any atom is -0.360 e. The highest BCUT2D eigenvalue weighted by molar-refractivity contribution is 7.98. The van der Waals surface area contributed by atoms with Crippen LogP contribution in [0.25, 0.3) is 0 Å². The summed E-state index contributed by atoms with van der Waals surface area (Å²) in [6.07, 6.45) is 2.99. The Morgan fingerprint density at radius 2 is 1.92 bits per heavy atom. The largest absolute Gasteiger partial charge is 0.360 e. The molecule has 3 rings (SSSR count). The topological polar surface area (TPSA) is 97.1 Å². The van der Waals surface area contributed by atoms with Gasteiger partial charge in [0.05, 0.1) is 22.6 Å². The molecule has 3 aromatic rings. The van der Waals surface area contributed by atoms with Crippen LogP contribution in [-0.4, -0.2) is 22.0 Å². The van der Waals surface area contributed by atoms with Crippen LogP contribution in [0.3, 0.4) is 0 Å². The summed E-state index contributed by atoms with van der Waals surface area (Å²) in [5, 5.41) is 3.84. The van der Waals surface area contributed by atoms with Gasteiger partial charge in [0, 0.05) is 23.4 Å².